The van der Waals surface area contributed by atoms with Crippen molar-refractivity contribution in [2.24, 2.45) is 0 Å². The second-order valence-electron chi connectivity index (χ2n) is 6.86. The van der Waals surface area contributed by atoms with Crippen LogP contribution in [0.1, 0.15) is 20.7 Å². The second kappa shape index (κ2) is 12.5. The molecule has 0 unspecified atom stereocenters. The maximum absolute atomic E-state index is 11.8. The quantitative estimate of drug-likeness (QED) is 0.269. The molecule has 6 heteroatoms. The lowest BCUT2D eigenvalue weighted by molar-refractivity contribution is 0.0725. The minimum absolute atomic E-state index is 0.376. The van der Waals surface area contributed by atoms with Gasteiger partial charge < -0.3 is 18.9 Å². The molecular formula is C28H24O6. The lowest BCUT2D eigenvalue weighted by atomic mass is 10.2. The number of esters is 2. The van der Waals surface area contributed by atoms with Crippen molar-refractivity contribution >= 4 is 11.9 Å². The number of para-hydroxylation sites is 2. The first-order valence-electron chi connectivity index (χ1n) is 10.4. The monoisotopic (exact) mass is 456 g/mol. The molecule has 0 saturated carbocycles. The third-order valence-electron chi connectivity index (χ3n) is 4.56. The zero-order valence-electron chi connectivity index (χ0n) is 18.8. The molecule has 0 aliphatic carbocycles. The molecule has 172 valence electrons. The molecule has 4 aromatic rings. The molecule has 0 amide bonds. The number of rotatable bonds is 6. The molecule has 0 N–H and O–H groups in total. The van der Waals surface area contributed by atoms with E-state index in [4.69, 9.17) is 18.9 Å². The van der Waals surface area contributed by atoms with Gasteiger partial charge in [0.25, 0.3) is 0 Å². The van der Waals surface area contributed by atoms with Crippen molar-refractivity contribution in [3.8, 4) is 23.0 Å². The maximum atomic E-state index is 11.8. The number of carbonyl (C=O) groups is 2. The van der Waals surface area contributed by atoms with Crippen LogP contribution in [0, 0.1) is 0 Å². The van der Waals surface area contributed by atoms with Gasteiger partial charge in [0.15, 0.2) is 0 Å². The Labute approximate surface area is 198 Å². The molecule has 0 spiro atoms. The second-order valence-corrected chi connectivity index (χ2v) is 6.86. The van der Waals surface area contributed by atoms with Crippen LogP contribution in [-0.2, 0) is 0 Å². The van der Waals surface area contributed by atoms with E-state index in [-0.39, 0.29) is 11.9 Å². The van der Waals surface area contributed by atoms with Gasteiger partial charge in [-0.25, -0.2) is 9.59 Å². The van der Waals surface area contributed by atoms with E-state index in [1.54, 1.807) is 87.0 Å². The Bertz CT molecular complexity index is 1070. The molecule has 0 atom stereocenters. The summed E-state index contributed by atoms with van der Waals surface area (Å²) >= 11 is 0. The van der Waals surface area contributed by atoms with E-state index in [1.165, 1.54) is 0 Å². The van der Waals surface area contributed by atoms with Crippen molar-refractivity contribution in [1.82, 2.24) is 0 Å². The summed E-state index contributed by atoms with van der Waals surface area (Å²) in [6, 6.07) is 31.5. The van der Waals surface area contributed by atoms with Crippen molar-refractivity contribution in [2.45, 2.75) is 0 Å². The van der Waals surface area contributed by atoms with E-state index < -0.39 is 0 Å². The molecule has 0 bridgehead atoms. The predicted octanol–water partition coefficient (Wildman–Crippen LogP) is 5.83. The Balaban J connectivity index is 0.000000191. The van der Waals surface area contributed by atoms with Gasteiger partial charge in [0.05, 0.1) is 25.3 Å². The van der Waals surface area contributed by atoms with E-state index in [1.807, 2.05) is 36.4 Å². The SMILES string of the molecule is COc1ccc(C(=O)Oc2ccccc2)cc1.COc1ccc(C(=O)Oc2ccccc2)cc1. The normalized spacial score (nSPS) is 9.71. The molecule has 0 radical (unpaired) electrons. The molecule has 6 nitrogen and oxygen atoms in total. The fourth-order valence-electron chi connectivity index (χ4n) is 2.76. The van der Waals surface area contributed by atoms with Crippen LogP contribution in [0.5, 0.6) is 23.0 Å². The van der Waals surface area contributed by atoms with E-state index in [0.29, 0.717) is 34.1 Å². The Morgan fingerprint density at radius 2 is 0.765 bits per heavy atom. The van der Waals surface area contributed by atoms with Crippen molar-refractivity contribution in [3.05, 3.63) is 120 Å². The van der Waals surface area contributed by atoms with E-state index >= 15 is 0 Å². The summed E-state index contributed by atoms with van der Waals surface area (Å²) in [6.45, 7) is 0. The van der Waals surface area contributed by atoms with Crippen molar-refractivity contribution < 1.29 is 28.5 Å². The van der Waals surface area contributed by atoms with Gasteiger partial charge >= 0.3 is 11.9 Å². The third kappa shape index (κ3) is 7.24. The lowest BCUT2D eigenvalue weighted by Crippen LogP contribution is -2.08. The Morgan fingerprint density at radius 3 is 1.06 bits per heavy atom. The highest BCUT2D eigenvalue weighted by Gasteiger charge is 2.09. The van der Waals surface area contributed by atoms with Crippen LogP contribution in [0.25, 0.3) is 0 Å². The number of hydrogen-bond acceptors (Lipinski definition) is 6. The zero-order chi connectivity index (χ0) is 24.2. The van der Waals surface area contributed by atoms with Gasteiger partial charge in [0, 0.05) is 0 Å². The fraction of sp³-hybridized carbons (Fsp3) is 0.0714. The van der Waals surface area contributed by atoms with E-state index in [9.17, 15) is 9.59 Å². The topological polar surface area (TPSA) is 71.1 Å². The summed E-state index contributed by atoms with van der Waals surface area (Å²) in [5.74, 6) is 1.74. The first-order chi connectivity index (χ1) is 16.6. The standard InChI is InChI=1S/2C14H12O3/c2*1-16-12-9-7-11(8-10-12)14(15)17-13-5-3-2-4-6-13/h2*2-10H,1H3. The van der Waals surface area contributed by atoms with Crippen LogP contribution in [0.3, 0.4) is 0 Å². The molecule has 0 aliphatic heterocycles. The summed E-state index contributed by atoms with van der Waals surface area (Å²) in [5.41, 5.74) is 0.990. The van der Waals surface area contributed by atoms with Crippen molar-refractivity contribution in [1.29, 1.82) is 0 Å². The number of ether oxygens (including phenoxy) is 4. The molecule has 0 heterocycles. The molecule has 4 rings (SSSR count). The third-order valence-corrected chi connectivity index (χ3v) is 4.56. The first-order valence-corrected chi connectivity index (χ1v) is 10.4. The van der Waals surface area contributed by atoms with Gasteiger partial charge in [0.2, 0.25) is 0 Å². The number of methoxy groups -OCH3 is 2. The Morgan fingerprint density at radius 1 is 0.441 bits per heavy atom. The first kappa shape index (κ1) is 24.1. The van der Waals surface area contributed by atoms with Crippen LogP contribution in [0.4, 0.5) is 0 Å². The molecule has 0 aromatic heterocycles. The van der Waals surface area contributed by atoms with Crippen molar-refractivity contribution in [2.75, 3.05) is 14.2 Å². The summed E-state index contributed by atoms with van der Waals surface area (Å²) in [7, 11) is 3.16. The van der Waals surface area contributed by atoms with E-state index in [0.717, 1.165) is 0 Å². The molecule has 0 saturated heterocycles. The summed E-state index contributed by atoms with van der Waals surface area (Å²) in [6.07, 6.45) is 0. The Kier molecular flexibility index (Phi) is 8.82. The van der Waals surface area contributed by atoms with Crippen LogP contribution in [-0.4, -0.2) is 26.2 Å². The van der Waals surface area contributed by atoms with E-state index in [2.05, 4.69) is 0 Å². The number of hydrogen-bond donors (Lipinski definition) is 0. The molecule has 4 aromatic carbocycles. The predicted molar refractivity (Wildman–Crippen MR) is 129 cm³/mol. The van der Waals surface area contributed by atoms with Gasteiger partial charge in [0.1, 0.15) is 23.0 Å². The van der Waals surface area contributed by atoms with Gasteiger partial charge in [-0.1, -0.05) is 36.4 Å². The van der Waals surface area contributed by atoms with Gasteiger partial charge in [-0.05, 0) is 72.8 Å². The van der Waals surface area contributed by atoms with Crippen molar-refractivity contribution in [3.63, 3.8) is 0 Å². The highest BCUT2D eigenvalue weighted by Crippen LogP contribution is 2.16. The average Bonchev–Trinajstić information content (AvgIpc) is 2.90. The zero-order valence-corrected chi connectivity index (χ0v) is 18.8. The lowest BCUT2D eigenvalue weighted by Gasteiger charge is -2.04. The van der Waals surface area contributed by atoms with Crippen LogP contribution < -0.4 is 18.9 Å². The summed E-state index contributed by atoms with van der Waals surface area (Å²) in [4.78, 5) is 23.5. The smallest absolute Gasteiger partial charge is 0.343 e. The Hall–Kier alpha value is -4.58. The minimum atomic E-state index is -0.376. The fourth-order valence-corrected chi connectivity index (χ4v) is 2.76. The molecule has 0 fully saturated rings. The number of carbonyl (C=O) groups excluding carboxylic acids is 2. The van der Waals surface area contributed by atoms with Crippen LogP contribution in [0.2, 0.25) is 0 Å². The highest BCUT2D eigenvalue weighted by molar-refractivity contribution is 5.91. The molecule has 34 heavy (non-hydrogen) atoms. The van der Waals surface area contributed by atoms with Crippen LogP contribution in [0.15, 0.2) is 109 Å². The van der Waals surface area contributed by atoms with Crippen LogP contribution >= 0.6 is 0 Å². The molecule has 0 aliphatic rings. The average molecular weight is 456 g/mol. The van der Waals surface area contributed by atoms with Gasteiger partial charge in [-0.3, -0.25) is 0 Å². The summed E-state index contributed by atoms with van der Waals surface area (Å²) in [5, 5.41) is 0. The summed E-state index contributed by atoms with van der Waals surface area (Å²) < 4.78 is 20.4. The molecular weight excluding hydrogens is 432 g/mol. The van der Waals surface area contributed by atoms with Gasteiger partial charge in [-0.2, -0.15) is 0 Å². The minimum Gasteiger partial charge on any atom is -0.497 e. The highest BCUT2D eigenvalue weighted by atomic mass is 16.5. The largest absolute Gasteiger partial charge is 0.497 e. The number of benzene rings is 4. The van der Waals surface area contributed by atoms with Gasteiger partial charge in [-0.15, -0.1) is 0 Å². The maximum Gasteiger partial charge on any atom is 0.343 e.